The molecule has 0 aromatic heterocycles. The normalized spacial score (nSPS) is 11.8. The third-order valence-corrected chi connectivity index (χ3v) is 20.8. The highest BCUT2D eigenvalue weighted by Gasteiger charge is 2.45. The molecular weight excluding hydrogens is 655 g/mol. The van der Waals surface area contributed by atoms with Gasteiger partial charge in [-0.15, -0.1) is 0 Å². The minimum Gasteiger partial charge on any atom is -0.0942 e. The lowest BCUT2D eigenvalue weighted by atomic mass is 10.3. The highest BCUT2D eigenvalue weighted by molar-refractivity contribution is 8.76. The van der Waals surface area contributed by atoms with Crippen LogP contribution in [0.15, 0.2) is 182 Å². The topological polar surface area (TPSA) is 0 Å². The molecule has 242 valence electrons. The second-order valence-corrected chi connectivity index (χ2v) is 22.1. The predicted molar refractivity (Wildman–Crippen MR) is 223 cm³/mol. The summed E-state index contributed by atoms with van der Waals surface area (Å²) >= 11 is 0. The Hall–Kier alpha value is -3.12. The Labute approximate surface area is 297 Å². The van der Waals surface area contributed by atoms with Gasteiger partial charge in [0.2, 0.25) is 0 Å². The zero-order valence-corrected chi connectivity index (χ0v) is 31.1. The summed E-state index contributed by atoms with van der Waals surface area (Å²) in [6.07, 6.45) is 7.38. The Morgan fingerprint density at radius 2 is 0.479 bits per heavy atom. The molecule has 6 aromatic rings. The zero-order chi connectivity index (χ0) is 32.7. The van der Waals surface area contributed by atoms with Crippen molar-refractivity contribution in [1.29, 1.82) is 0 Å². The molecule has 6 aromatic carbocycles. The van der Waals surface area contributed by atoms with E-state index in [2.05, 4.69) is 204 Å². The van der Waals surface area contributed by atoms with Gasteiger partial charge in [0.05, 0.1) is 12.3 Å². The van der Waals surface area contributed by atoms with Gasteiger partial charge < -0.3 is 0 Å². The number of benzene rings is 6. The lowest BCUT2D eigenvalue weighted by molar-refractivity contribution is 0.901. The van der Waals surface area contributed by atoms with Gasteiger partial charge in [0.25, 0.3) is 0 Å². The summed E-state index contributed by atoms with van der Waals surface area (Å²) in [6.45, 7) is 0. The van der Waals surface area contributed by atoms with Gasteiger partial charge in [-0.05, 0) is 98.5 Å². The second-order valence-electron chi connectivity index (χ2n) is 12.1. The van der Waals surface area contributed by atoms with Crippen molar-refractivity contribution in [2.45, 2.75) is 25.7 Å². The van der Waals surface area contributed by atoms with Gasteiger partial charge in [0.1, 0.15) is 46.4 Å². The number of hydrogen-bond acceptors (Lipinski definition) is 2. The molecule has 0 saturated heterocycles. The van der Waals surface area contributed by atoms with Gasteiger partial charge in [-0.1, -0.05) is 131 Å². The first-order valence-electron chi connectivity index (χ1n) is 17.2. The average Bonchev–Trinajstić information content (AvgIpc) is 3.18. The van der Waals surface area contributed by atoms with E-state index < -0.39 is 14.5 Å². The molecule has 48 heavy (non-hydrogen) atoms. The van der Waals surface area contributed by atoms with E-state index in [0.717, 1.165) is 0 Å². The van der Waals surface area contributed by atoms with Gasteiger partial charge in [-0.25, -0.2) is 0 Å². The fourth-order valence-corrected chi connectivity index (χ4v) is 18.0. The highest BCUT2D eigenvalue weighted by Crippen LogP contribution is 2.57. The fourth-order valence-electron chi connectivity index (χ4n) is 6.90. The van der Waals surface area contributed by atoms with Crippen LogP contribution in [0.25, 0.3) is 0 Å². The third-order valence-electron chi connectivity index (χ3n) is 9.21. The molecule has 0 atom stereocenters. The van der Waals surface area contributed by atoms with E-state index in [4.69, 9.17) is 0 Å². The van der Waals surface area contributed by atoms with Gasteiger partial charge in [-0.3, -0.25) is 0 Å². The molecule has 0 saturated carbocycles. The summed E-state index contributed by atoms with van der Waals surface area (Å²) in [5.74, 6) is 2.41. The Bertz CT molecular complexity index is 1420. The lowest BCUT2D eigenvalue weighted by Gasteiger charge is -2.27. The molecule has 6 rings (SSSR count). The number of rotatable bonds is 17. The molecule has 0 bridgehead atoms. The molecule has 4 heteroatoms. The zero-order valence-electron chi connectivity index (χ0n) is 27.7. The maximum atomic E-state index is 2.36. The molecule has 0 aliphatic rings. The summed E-state index contributed by atoms with van der Waals surface area (Å²) in [5.41, 5.74) is 0. The van der Waals surface area contributed by atoms with E-state index in [9.17, 15) is 0 Å². The summed E-state index contributed by atoms with van der Waals surface area (Å²) in [5, 5.41) is 8.94. The second kappa shape index (κ2) is 18.0. The maximum Gasteiger partial charge on any atom is 0.112 e. The van der Waals surface area contributed by atoms with E-state index >= 15 is 0 Å². The minimum absolute atomic E-state index is 1.21. The first-order chi connectivity index (χ1) is 23.8. The van der Waals surface area contributed by atoms with Crippen molar-refractivity contribution in [3.05, 3.63) is 182 Å². The molecule has 0 nitrogen and oxygen atoms in total. The SMILES string of the molecule is c1ccc([P+](CCCCSSCCCC[P+](c2ccccc2)(c2ccccc2)c2ccccc2)(c2ccccc2)c2ccccc2)cc1. The molecule has 0 aliphatic carbocycles. The smallest absolute Gasteiger partial charge is 0.0942 e. The van der Waals surface area contributed by atoms with Crippen molar-refractivity contribution in [3.63, 3.8) is 0 Å². The van der Waals surface area contributed by atoms with Crippen LogP contribution in [-0.2, 0) is 0 Å². The molecular formula is C44H46P2S2+2. The van der Waals surface area contributed by atoms with E-state index in [0.29, 0.717) is 0 Å². The van der Waals surface area contributed by atoms with E-state index in [1.807, 2.05) is 0 Å². The fraction of sp³-hybridized carbons (Fsp3) is 0.182. The van der Waals surface area contributed by atoms with Crippen molar-refractivity contribution in [2.75, 3.05) is 23.8 Å². The Balaban J connectivity index is 1.05. The van der Waals surface area contributed by atoms with Crippen LogP contribution in [0, 0.1) is 0 Å². The summed E-state index contributed by atoms with van der Waals surface area (Å²) in [7, 11) is 0.695. The Morgan fingerprint density at radius 3 is 0.688 bits per heavy atom. The molecule has 0 radical (unpaired) electrons. The van der Waals surface area contributed by atoms with Crippen LogP contribution in [0.3, 0.4) is 0 Å². The third kappa shape index (κ3) is 8.18. The van der Waals surface area contributed by atoms with Crippen LogP contribution in [0.1, 0.15) is 25.7 Å². The quantitative estimate of drug-likeness (QED) is 0.0528. The van der Waals surface area contributed by atoms with Crippen LogP contribution in [0.5, 0.6) is 0 Å². The van der Waals surface area contributed by atoms with Crippen molar-refractivity contribution < 1.29 is 0 Å². The maximum absolute atomic E-state index is 2.36. The predicted octanol–water partition coefficient (Wildman–Crippen LogP) is 9.92. The van der Waals surface area contributed by atoms with Gasteiger partial charge in [0.15, 0.2) is 0 Å². The largest absolute Gasteiger partial charge is 0.112 e. The Morgan fingerprint density at radius 1 is 0.271 bits per heavy atom. The molecule has 0 aliphatic heterocycles. The summed E-state index contributed by atoms with van der Waals surface area (Å²) in [4.78, 5) is 0. The van der Waals surface area contributed by atoms with Crippen LogP contribution < -0.4 is 31.8 Å². The van der Waals surface area contributed by atoms with E-state index in [1.165, 1.54) is 81.3 Å². The van der Waals surface area contributed by atoms with E-state index in [1.54, 1.807) is 0 Å². The van der Waals surface area contributed by atoms with Crippen LogP contribution >= 0.6 is 36.1 Å². The van der Waals surface area contributed by atoms with Crippen molar-refractivity contribution in [1.82, 2.24) is 0 Å². The Kier molecular flexibility index (Phi) is 13.1. The summed E-state index contributed by atoms with van der Waals surface area (Å²) in [6, 6.07) is 67.8. The standard InChI is InChI=1S/C44H46P2S2/c1-7-23-39(24-8-1)45(40-25-9-2-10-26-40,41-27-11-3-12-28-41)35-19-21-37-47-48-38-22-20-36-46(42-29-13-4-14-30-42,43-31-15-5-16-32-43)44-33-17-6-18-34-44/h1-18,23-34H,19-22,35-38H2/q+2. The molecule has 0 amide bonds. The molecule has 0 unspecified atom stereocenters. The number of hydrogen-bond donors (Lipinski definition) is 0. The van der Waals surface area contributed by atoms with Gasteiger partial charge in [-0.2, -0.15) is 0 Å². The molecule has 0 fully saturated rings. The van der Waals surface area contributed by atoms with Crippen molar-refractivity contribution in [3.8, 4) is 0 Å². The van der Waals surface area contributed by atoms with Gasteiger partial charge >= 0.3 is 0 Å². The van der Waals surface area contributed by atoms with E-state index in [-0.39, 0.29) is 0 Å². The minimum atomic E-state index is -1.73. The number of unbranched alkanes of at least 4 members (excludes halogenated alkanes) is 2. The van der Waals surface area contributed by atoms with Gasteiger partial charge in [0, 0.05) is 11.5 Å². The molecule has 0 heterocycles. The molecule has 0 spiro atoms. The lowest BCUT2D eigenvalue weighted by Crippen LogP contribution is -2.33. The average molecular weight is 701 g/mol. The monoisotopic (exact) mass is 700 g/mol. The highest BCUT2D eigenvalue weighted by atomic mass is 33.1. The summed E-state index contributed by atoms with van der Waals surface area (Å²) < 4.78 is 0. The first kappa shape index (κ1) is 34.7. The van der Waals surface area contributed by atoms with Crippen molar-refractivity contribution in [2.24, 2.45) is 0 Å². The first-order valence-corrected chi connectivity index (χ1v) is 23.6. The van der Waals surface area contributed by atoms with Crippen LogP contribution in [0.2, 0.25) is 0 Å². The van der Waals surface area contributed by atoms with Crippen LogP contribution in [0.4, 0.5) is 0 Å². The van der Waals surface area contributed by atoms with Crippen molar-refractivity contribution >= 4 is 67.9 Å². The molecule has 0 N–H and O–H groups in total. The van der Waals surface area contributed by atoms with Crippen LogP contribution in [-0.4, -0.2) is 23.8 Å².